The highest BCUT2D eigenvalue weighted by Gasteiger charge is 2.24. The molecule has 0 aliphatic rings. The molecule has 0 saturated carbocycles. The fourth-order valence-electron chi connectivity index (χ4n) is 1.28. The van der Waals surface area contributed by atoms with Crippen LogP contribution < -0.4 is 4.72 Å². The van der Waals surface area contributed by atoms with E-state index in [0.717, 1.165) is 6.07 Å². The van der Waals surface area contributed by atoms with Crippen molar-refractivity contribution in [3.05, 3.63) is 16.5 Å². The average Bonchev–Trinajstić information content (AvgIpc) is 2.71. The number of hydrogen-bond acceptors (Lipinski definition) is 5. The van der Waals surface area contributed by atoms with Gasteiger partial charge in [0.2, 0.25) is 15.8 Å². The molecular weight excluding hydrogens is 342 g/mol. The van der Waals surface area contributed by atoms with Crippen molar-refractivity contribution in [2.24, 2.45) is 0 Å². The number of aromatic carboxylic acids is 1. The van der Waals surface area contributed by atoms with Gasteiger partial charge in [-0.1, -0.05) is 6.92 Å². The fourth-order valence-corrected chi connectivity index (χ4v) is 3.27. The van der Waals surface area contributed by atoms with E-state index in [0.29, 0.717) is 6.42 Å². The Kier molecular flexibility index (Phi) is 5.53. The van der Waals surface area contributed by atoms with Crippen molar-refractivity contribution in [1.82, 2.24) is 4.72 Å². The van der Waals surface area contributed by atoms with Crippen molar-refractivity contribution < 1.29 is 27.8 Å². The number of sulfonamides is 1. The number of halogens is 1. The van der Waals surface area contributed by atoms with Crippen LogP contribution in [0, 0.1) is 0 Å². The number of furan rings is 1. The smallest absolute Gasteiger partial charge is 0.371 e. The summed E-state index contributed by atoms with van der Waals surface area (Å²) in [5, 5.41) is 18.0. The average molecular weight is 356 g/mol. The second kappa shape index (κ2) is 6.51. The third-order valence-corrected chi connectivity index (χ3v) is 4.71. The van der Waals surface area contributed by atoms with Crippen LogP contribution in [0.2, 0.25) is 0 Å². The third-order valence-electron chi connectivity index (χ3n) is 2.40. The minimum atomic E-state index is -3.87. The second-order valence-corrected chi connectivity index (χ2v) is 6.26. The van der Waals surface area contributed by atoms with Crippen LogP contribution in [-0.2, 0) is 10.0 Å². The zero-order chi connectivity index (χ0) is 14.6. The molecule has 0 fully saturated rings. The summed E-state index contributed by atoms with van der Waals surface area (Å²) in [4.78, 5) is 10.4. The number of aliphatic hydroxyl groups excluding tert-OH is 1. The number of carboxylic acids is 1. The number of aliphatic hydroxyl groups is 1. The van der Waals surface area contributed by atoms with E-state index in [-0.39, 0.29) is 22.5 Å². The normalized spacial score (nSPS) is 13.4. The van der Waals surface area contributed by atoms with E-state index in [1.165, 1.54) is 0 Å². The number of carboxylic acid groups (broad SMARTS) is 1. The van der Waals surface area contributed by atoms with Gasteiger partial charge in [-0.25, -0.2) is 17.9 Å². The first-order valence-corrected chi connectivity index (χ1v) is 7.76. The first kappa shape index (κ1) is 16.2. The van der Waals surface area contributed by atoms with E-state index in [4.69, 9.17) is 9.52 Å². The molecule has 1 heterocycles. The molecule has 0 aromatic carbocycles. The Morgan fingerprint density at radius 3 is 2.68 bits per heavy atom. The third kappa shape index (κ3) is 4.30. The van der Waals surface area contributed by atoms with E-state index < -0.39 is 27.9 Å². The SMILES string of the molecule is CCC(O)CCNS(=O)(=O)c1cc(C(=O)O)oc1Br. The Bertz CT molecular complexity index is 552. The van der Waals surface area contributed by atoms with E-state index in [2.05, 4.69) is 20.7 Å². The van der Waals surface area contributed by atoms with Gasteiger partial charge in [-0.2, -0.15) is 0 Å². The van der Waals surface area contributed by atoms with Gasteiger partial charge in [-0.05, 0) is 28.8 Å². The summed E-state index contributed by atoms with van der Waals surface area (Å²) in [5.41, 5.74) is 0. The Morgan fingerprint density at radius 1 is 1.58 bits per heavy atom. The van der Waals surface area contributed by atoms with Gasteiger partial charge in [-0.15, -0.1) is 0 Å². The van der Waals surface area contributed by atoms with Crippen molar-refractivity contribution >= 4 is 31.9 Å². The largest absolute Gasteiger partial charge is 0.475 e. The standard InChI is InChI=1S/C10H14BrNO6S/c1-2-6(13)3-4-12-19(16,17)8-5-7(10(14)15)18-9(8)11/h5-6,12-13H,2-4H2,1H3,(H,14,15). The quantitative estimate of drug-likeness (QED) is 0.675. The minimum absolute atomic E-state index is 0.0529. The lowest BCUT2D eigenvalue weighted by Gasteiger charge is -2.08. The van der Waals surface area contributed by atoms with Crippen LogP contribution in [-0.4, -0.2) is 37.2 Å². The van der Waals surface area contributed by atoms with Gasteiger partial charge < -0.3 is 14.6 Å². The maximum Gasteiger partial charge on any atom is 0.371 e. The second-order valence-electron chi connectivity index (χ2n) is 3.80. The summed E-state index contributed by atoms with van der Waals surface area (Å²) in [6.07, 6.45) is 0.224. The summed E-state index contributed by atoms with van der Waals surface area (Å²) >= 11 is 2.86. The predicted molar refractivity (Wildman–Crippen MR) is 69.5 cm³/mol. The summed E-state index contributed by atoms with van der Waals surface area (Å²) in [6.45, 7) is 1.84. The van der Waals surface area contributed by atoms with Gasteiger partial charge in [0.15, 0.2) is 4.67 Å². The Morgan fingerprint density at radius 2 is 2.21 bits per heavy atom. The van der Waals surface area contributed by atoms with Gasteiger partial charge in [0.05, 0.1) is 6.10 Å². The van der Waals surface area contributed by atoms with Crippen LogP contribution in [0.5, 0.6) is 0 Å². The van der Waals surface area contributed by atoms with Crippen LogP contribution >= 0.6 is 15.9 Å². The summed E-state index contributed by atoms with van der Waals surface area (Å²) < 4.78 is 30.6. The molecule has 1 unspecified atom stereocenters. The molecule has 0 saturated heterocycles. The van der Waals surface area contributed by atoms with Crippen molar-refractivity contribution in [3.63, 3.8) is 0 Å². The Hall–Kier alpha value is -0.900. The highest BCUT2D eigenvalue weighted by molar-refractivity contribution is 9.10. The topological polar surface area (TPSA) is 117 Å². The molecule has 0 bridgehead atoms. The molecule has 1 atom stereocenters. The molecule has 0 aliphatic heterocycles. The predicted octanol–water partition coefficient (Wildman–Crippen LogP) is 1.18. The van der Waals surface area contributed by atoms with Crippen molar-refractivity contribution in [2.75, 3.05) is 6.54 Å². The van der Waals surface area contributed by atoms with Gasteiger partial charge >= 0.3 is 5.97 Å². The molecule has 1 rings (SSSR count). The van der Waals surface area contributed by atoms with Crippen LogP contribution in [0.3, 0.4) is 0 Å². The highest BCUT2D eigenvalue weighted by Crippen LogP contribution is 2.26. The lowest BCUT2D eigenvalue weighted by molar-refractivity contribution is 0.0661. The Labute approximate surface area is 118 Å². The van der Waals surface area contributed by atoms with Crippen molar-refractivity contribution in [2.45, 2.75) is 30.8 Å². The first-order chi connectivity index (χ1) is 8.77. The summed E-state index contributed by atoms with van der Waals surface area (Å²) in [5.74, 6) is -1.83. The van der Waals surface area contributed by atoms with Gasteiger partial charge in [0, 0.05) is 12.6 Å². The zero-order valence-corrected chi connectivity index (χ0v) is 12.5. The van der Waals surface area contributed by atoms with E-state index in [1.807, 2.05) is 0 Å². The molecule has 1 aromatic heterocycles. The lowest BCUT2D eigenvalue weighted by Crippen LogP contribution is -2.27. The van der Waals surface area contributed by atoms with E-state index >= 15 is 0 Å². The molecule has 0 amide bonds. The molecule has 9 heteroatoms. The Balaban J connectivity index is 2.80. The monoisotopic (exact) mass is 355 g/mol. The number of nitrogens with one attached hydrogen (secondary N) is 1. The van der Waals surface area contributed by atoms with Crippen LogP contribution in [0.25, 0.3) is 0 Å². The minimum Gasteiger partial charge on any atom is -0.475 e. The fraction of sp³-hybridized carbons (Fsp3) is 0.500. The molecule has 0 aliphatic carbocycles. The molecule has 7 nitrogen and oxygen atoms in total. The number of carbonyl (C=O) groups is 1. The van der Waals surface area contributed by atoms with E-state index in [1.54, 1.807) is 6.92 Å². The van der Waals surface area contributed by atoms with Gasteiger partial charge in [0.1, 0.15) is 4.90 Å². The molecule has 3 N–H and O–H groups in total. The summed E-state index contributed by atoms with van der Waals surface area (Å²) in [6, 6.07) is 0.922. The maximum atomic E-state index is 11.9. The van der Waals surface area contributed by atoms with Crippen LogP contribution in [0.15, 0.2) is 20.0 Å². The maximum absolute atomic E-state index is 11.9. The van der Waals surface area contributed by atoms with Crippen molar-refractivity contribution in [3.8, 4) is 0 Å². The molecular formula is C10H14BrNO6S. The van der Waals surface area contributed by atoms with Crippen LogP contribution in [0.1, 0.15) is 30.3 Å². The highest BCUT2D eigenvalue weighted by atomic mass is 79.9. The van der Waals surface area contributed by atoms with E-state index in [9.17, 15) is 18.3 Å². The van der Waals surface area contributed by atoms with Gasteiger partial charge in [-0.3, -0.25) is 0 Å². The number of rotatable bonds is 7. The van der Waals surface area contributed by atoms with Crippen LogP contribution in [0.4, 0.5) is 0 Å². The zero-order valence-electron chi connectivity index (χ0n) is 10.1. The summed E-state index contributed by atoms with van der Waals surface area (Å²) in [7, 11) is -3.87. The number of hydrogen-bond donors (Lipinski definition) is 3. The lowest BCUT2D eigenvalue weighted by atomic mass is 10.2. The van der Waals surface area contributed by atoms with Crippen molar-refractivity contribution in [1.29, 1.82) is 0 Å². The van der Waals surface area contributed by atoms with Gasteiger partial charge in [0.25, 0.3) is 0 Å². The molecule has 1 aromatic rings. The first-order valence-electron chi connectivity index (χ1n) is 5.48. The molecule has 0 spiro atoms. The molecule has 0 radical (unpaired) electrons. The molecule has 19 heavy (non-hydrogen) atoms. The molecule has 108 valence electrons.